The van der Waals surface area contributed by atoms with Gasteiger partial charge in [-0.2, -0.15) is 0 Å². The Hall–Kier alpha value is -0.466. The molecule has 0 aromatic carbocycles. The summed E-state index contributed by atoms with van der Waals surface area (Å²) in [5.74, 6) is 2.18. The number of rotatable bonds is 10. The molecule has 3 rings (SSSR count). The van der Waals surface area contributed by atoms with E-state index in [1.54, 1.807) is 5.57 Å². The minimum Gasteiger partial charge on any atom is -0.413 e. The molecule has 0 aromatic heterocycles. The van der Waals surface area contributed by atoms with E-state index >= 15 is 0 Å². The van der Waals surface area contributed by atoms with Crippen LogP contribution in [0.4, 0.5) is 0 Å². The van der Waals surface area contributed by atoms with E-state index in [-0.39, 0.29) is 22.3 Å². The molecule has 0 bridgehead atoms. The van der Waals surface area contributed by atoms with Crippen LogP contribution in [0.3, 0.4) is 0 Å². The molecule has 3 aliphatic rings. The molecular formula is C39H72O3Si2. The van der Waals surface area contributed by atoms with Crippen molar-refractivity contribution in [2.24, 2.45) is 23.2 Å². The molecule has 3 saturated carbocycles. The van der Waals surface area contributed by atoms with E-state index in [0.717, 1.165) is 31.6 Å². The summed E-state index contributed by atoms with van der Waals surface area (Å²) < 4.78 is 14.2. The molecule has 0 radical (unpaired) electrons. The fourth-order valence-electron chi connectivity index (χ4n) is 8.04. The Kier molecular flexibility index (Phi) is 11.7. The zero-order chi connectivity index (χ0) is 33.5. The number of aliphatic hydroxyl groups is 1. The molecule has 5 heteroatoms. The van der Waals surface area contributed by atoms with Gasteiger partial charge in [0.25, 0.3) is 0 Å². The first-order valence-electron chi connectivity index (χ1n) is 18.0. The van der Waals surface area contributed by atoms with E-state index in [1.807, 2.05) is 13.8 Å². The van der Waals surface area contributed by atoms with Crippen LogP contribution in [0.2, 0.25) is 36.3 Å². The van der Waals surface area contributed by atoms with Gasteiger partial charge in [-0.25, -0.2) is 0 Å². The van der Waals surface area contributed by atoms with Crippen molar-refractivity contribution in [2.45, 2.75) is 188 Å². The molecule has 3 aliphatic carbocycles. The van der Waals surface area contributed by atoms with Gasteiger partial charge >= 0.3 is 0 Å². The molecule has 0 unspecified atom stereocenters. The third-order valence-electron chi connectivity index (χ3n) is 12.9. The Morgan fingerprint density at radius 1 is 0.955 bits per heavy atom. The lowest BCUT2D eigenvalue weighted by Crippen LogP contribution is -2.49. The van der Waals surface area contributed by atoms with Gasteiger partial charge < -0.3 is 14.0 Å². The van der Waals surface area contributed by atoms with Crippen molar-refractivity contribution in [2.75, 3.05) is 0 Å². The van der Waals surface area contributed by atoms with Gasteiger partial charge in [0.05, 0.1) is 17.8 Å². The third kappa shape index (κ3) is 8.91. The minimum atomic E-state index is -1.97. The van der Waals surface area contributed by atoms with Gasteiger partial charge in [-0.1, -0.05) is 92.5 Å². The Bertz CT molecular complexity index is 1060. The highest BCUT2D eigenvalue weighted by atomic mass is 28.4. The number of hydrogen-bond acceptors (Lipinski definition) is 3. The molecule has 0 amide bonds. The Labute approximate surface area is 276 Å². The maximum atomic E-state index is 10.2. The minimum absolute atomic E-state index is 0.0290. The highest BCUT2D eigenvalue weighted by Gasteiger charge is 2.50. The maximum Gasteiger partial charge on any atom is 0.192 e. The standard InChI is InChI=1S/C39H72O3Si2/c1-28(18-16-24-38(9,10)40)33-22-23-34-30(19-17-25-39(33,34)11)20-21-31-26-32(41-43(12,13)36(3,4)5)27-35(29(31)2)42-44(14,15)37(6,7)8/h20-21,28,32-35,40H,2,16-19,22-27H2,1,3-15H3/b30-20+,31-21?/t28-,32-,33-,34+,35+,39-/m1/s1. The van der Waals surface area contributed by atoms with Crippen molar-refractivity contribution in [3.63, 3.8) is 0 Å². The van der Waals surface area contributed by atoms with E-state index in [4.69, 9.17) is 8.85 Å². The normalized spacial score (nSPS) is 31.9. The third-order valence-corrected chi connectivity index (χ3v) is 21.9. The molecule has 0 aromatic rings. The topological polar surface area (TPSA) is 38.7 Å². The fourth-order valence-corrected chi connectivity index (χ4v) is 10.7. The van der Waals surface area contributed by atoms with Crippen LogP contribution in [0.1, 0.15) is 133 Å². The van der Waals surface area contributed by atoms with Gasteiger partial charge in [0.1, 0.15) is 0 Å². The molecule has 0 saturated heterocycles. The van der Waals surface area contributed by atoms with E-state index in [1.165, 1.54) is 49.7 Å². The second-order valence-electron chi connectivity index (χ2n) is 19.0. The summed E-state index contributed by atoms with van der Waals surface area (Å²) in [7, 11) is -3.89. The summed E-state index contributed by atoms with van der Waals surface area (Å²) in [6, 6.07) is 0. The SMILES string of the molecule is C=C1C(=C/C=C2\CCC[C@]3(C)[C@@H]([C@H](C)CCCC(C)(C)O)CC[C@@H]23)C[C@@H](O[Si](C)(C)C(C)(C)C)C[C@@H]1O[Si](C)(C)C(C)(C)C. The average Bonchev–Trinajstić information content (AvgIpc) is 3.20. The molecule has 254 valence electrons. The van der Waals surface area contributed by atoms with Crippen LogP contribution in [0.25, 0.3) is 0 Å². The summed E-state index contributed by atoms with van der Waals surface area (Å²) in [6.07, 6.45) is 16.8. The van der Waals surface area contributed by atoms with Gasteiger partial charge in [-0.15, -0.1) is 0 Å². The van der Waals surface area contributed by atoms with Crippen molar-refractivity contribution in [3.8, 4) is 0 Å². The van der Waals surface area contributed by atoms with Crippen LogP contribution in [0.5, 0.6) is 0 Å². The maximum absolute atomic E-state index is 10.2. The largest absolute Gasteiger partial charge is 0.413 e. The predicted octanol–water partition coefficient (Wildman–Crippen LogP) is 11.8. The molecule has 1 N–H and O–H groups in total. The smallest absolute Gasteiger partial charge is 0.192 e. The van der Waals surface area contributed by atoms with Crippen LogP contribution >= 0.6 is 0 Å². The van der Waals surface area contributed by atoms with Gasteiger partial charge in [0, 0.05) is 6.42 Å². The summed E-state index contributed by atoms with van der Waals surface area (Å²) in [6.45, 7) is 37.2. The zero-order valence-corrected chi connectivity index (χ0v) is 33.6. The van der Waals surface area contributed by atoms with Gasteiger partial charge in [-0.3, -0.25) is 0 Å². The van der Waals surface area contributed by atoms with Crippen LogP contribution in [0.15, 0.2) is 35.5 Å². The molecule has 44 heavy (non-hydrogen) atoms. The van der Waals surface area contributed by atoms with Crippen molar-refractivity contribution in [1.29, 1.82) is 0 Å². The molecule has 0 aliphatic heterocycles. The van der Waals surface area contributed by atoms with Crippen molar-refractivity contribution < 1.29 is 14.0 Å². The fraction of sp³-hybridized carbons (Fsp3) is 0.846. The number of allylic oxidation sites excluding steroid dienone is 3. The summed E-state index contributed by atoms with van der Waals surface area (Å²) >= 11 is 0. The summed E-state index contributed by atoms with van der Waals surface area (Å²) in [5.41, 5.74) is 4.04. The molecule has 0 spiro atoms. The Morgan fingerprint density at radius 2 is 1.55 bits per heavy atom. The molecule has 3 nitrogen and oxygen atoms in total. The predicted molar refractivity (Wildman–Crippen MR) is 196 cm³/mol. The lowest BCUT2D eigenvalue weighted by atomic mass is 9.60. The highest BCUT2D eigenvalue weighted by Crippen LogP contribution is 2.60. The second kappa shape index (κ2) is 13.6. The number of fused-ring (bicyclic) bond motifs is 1. The first-order valence-corrected chi connectivity index (χ1v) is 23.9. The van der Waals surface area contributed by atoms with Gasteiger partial charge in [0.2, 0.25) is 0 Å². The average molecular weight is 645 g/mol. The van der Waals surface area contributed by atoms with E-state index in [0.29, 0.717) is 17.3 Å². The lowest BCUT2D eigenvalue weighted by Gasteiger charge is -2.46. The molecule has 0 heterocycles. The summed E-state index contributed by atoms with van der Waals surface area (Å²) in [4.78, 5) is 0. The van der Waals surface area contributed by atoms with Crippen molar-refractivity contribution >= 4 is 16.6 Å². The second-order valence-corrected chi connectivity index (χ2v) is 28.6. The van der Waals surface area contributed by atoms with Crippen LogP contribution < -0.4 is 0 Å². The molecule has 3 fully saturated rings. The Balaban J connectivity index is 1.86. The highest BCUT2D eigenvalue weighted by molar-refractivity contribution is 6.74. The molecule has 6 atom stereocenters. The van der Waals surface area contributed by atoms with Crippen molar-refractivity contribution in [3.05, 3.63) is 35.5 Å². The van der Waals surface area contributed by atoms with Gasteiger partial charge in [0.15, 0.2) is 16.6 Å². The van der Waals surface area contributed by atoms with Crippen LogP contribution in [-0.2, 0) is 8.85 Å². The first-order chi connectivity index (χ1) is 19.9. The molecular weight excluding hydrogens is 573 g/mol. The Morgan fingerprint density at radius 3 is 2.11 bits per heavy atom. The lowest BCUT2D eigenvalue weighted by molar-refractivity contribution is 0.0596. The monoisotopic (exact) mass is 645 g/mol. The summed E-state index contributed by atoms with van der Waals surface area (Å²) in [5, 5.41) is 10.6. The zero-order valence-electron chi connectivity index (χ0n) is 31.6. The van der Waals surface area contributed by atoms with E-state index < -0.39 is 22.2 Å². The van der Waals surface area contributed by atoms with Crippen LogP contribution in [0, 0.1) is 23.2 Å². The van der Waals surface area contributed by atoms with Crippen molar-refractivity contribution in [1.82, 2.24) is 0 Å². The van der Waals surface area contributed by atoms with E-state index in [2.05, 4.69) is 100 Å². The van der Waals surface area contributed by atoms with Crippen LogP contribution in [-0.4, -0.2) is 39.6 Å². The quantitative estimate of drug-likeness (QED) is 0.240. The van der Waals surface area contributed by atoms with Gasteiger partial charge in [-0.05, 0) is 129 Å². The number of hydrogen-bond donors (Lipinski definition) is 1. The van der Waals surface area contributed by atoms with E-state index in [9.17, 15) is 5.11 Å². The first kappa shape index (κ1) is 38.0.